The third-order valence-electron chi connectivity index (χ3n) is 9.39. The van der Waals surface area contributed by atoms with Crippen molar-refractivity contribution in [3.63, 3.8) is 0 Å². The zero-order valence-corrected chi connectivity index (χ0v) is 25.4. The number of anilines is 3. The van der Waals surface area contributed by atoms with Crippen molar-refractivity contribution in [2.75, 3.05) is 4.90 Å². The van der Waals surface area contributed by atoms with E-state index in [-0.39, 0.29) is 0 Å². The largest absolute Gasteiger partial charge is 0.456 e. The Morgan fingerprint density at radius 3 is 1.91 bits per heavy atom. The summed E-state index contributed by atoms with van der Waals surface area (Å²) in [5, 5.41) is 9.20. The first-order chi connectivity index (χ1) is 23.3. The monoisotopic (exact) mass is 601 g/mol. The Morgan fingerprint density at radius 2 is 1.00 bits per heavy atom. The second-order valence-corrected chi connectivity index (χ2v) is 12.2. The van der Waals surface area contributed by atoms with Crippen molar-refractivity contribution in [2.45, 2.75) is 0 Å². The van der Waals surface area contributed by atoms with Crippen molar-refractivity contribution in [1.29, 1.82) is 0 Å². The van der Waals surface area contributed by atoms with Gasteiger partial charge < -0.3 is 13.7 Å². The maximum absolute atomic E-state index is 6.41. The Hall–Kier alpha value is -6.32. The Labute approximate surface area is 270 Å². The zero-order chi connectivity index (χ0) is 30.9. The lowest BCUT2D eigenvalue weighted by atomic mass is 10.0. The minimum Gasteiger partial charge on any atom is -0.456 e. The molecule has 0 aliphatic rings. The molecule has 10 rings (SSSR count). The fourth-order valence-electron chi connectivity index (χ4n) is 7.13. The predicted octanol–water partition coefficient (Wildman–Crippen LogP) is 12.9. The van der Waals surface area contributed by atoms with E-state index in [0.29, 0.717) is 0 Å². The summed E-state index contributed by atoms with van der Waals surface area (Å²) in [5.41, 5.74) is 9.13. The fraction of sp³-hybridized carbons (Fsp3) is 0. The summed E-state index contributed by atoms with van der Waals surface area (Å²) < 4.78 is 12.8. The molecule has 0 radical (unpaired) electrons. The topological polar surface area (TPSA) is 29.5 Å². The molecule has 220 valence electrons. The number of benzene rings is 8. The molecule has 0 atom stereocenters. The van der Waals surface area contributed by atoms with Crippen LogP contribution in [0.15, 0.2) is 173 Å². The Bertz CT molecular complexity index is 2810. The number of hydrogen-bond acceptors (Lipinski definition) is 3. The Morgan fingerprint density at radius 1 is 0.319 bits per heavy atom. The van der Waals surface area contributed by atoms with Gasteiger partial charge in [-0.1, -0.05) is 84.9 Å². The number of nitrogens with zero attached hydrogens (tertiary/aromatic N) is 1. The van der Waals surface area contributed by atoms with Crippen molar-refractivity contribution in [3.8, 4) is 11.1 Å². The summed E-state index contributed by atoms with van der Waals surface area (Å²) >= 11 is 0. The molecule has 0 saturated carbocycles. The van der Waals surface area contributed by atoms with E-state index in [4.69, 9.17) is 8.83 Å². The molecule has 0 saturated heterocycles. The van der Waals surface area contributed by atoms with Crippen LogP contribution in [0.3, 0.4) is 0 Å². The van der Waals surface area contributed by atoms with Crippen molar-refractivity contribution < 1.29 is 8.83 Å². The van der Waals surface area contributed by atoms with Gasteiger partial charge in [0.15, 0.2) is 0 Å². The zero-order valence-electron chi connectivity index (χ0n) is 25.4. The molecule has 2 heterocycles. The maximum atomic E-state index is 6.41. The molecular weight excluding hydrogens is 574 g/mol. The van der Waals surface area contributed by atoms with Gasteiger partial charge in [-0.3, -0.25) is 0 Å². The van der Waals surface area contributed by atoms with Gasteiger partial charge in [0, 0.05) is 44.0 Å². The van der Waals surface area contributed by atoms with Crippen LogP contribution in [0.5, 0.6) is 0 Å². The van der Waals surface area contributed by atoms with E-state index in [0.717, 1.165) is 82.8 Å². The Kier molecular flexibility index (Phi) is 5.57. The van der Waals surface area contributed by atoms with Gasteiger partial charge in [-0.05, 0) is 106 Å². The lowest BCUT2D eigenvalue weighted by Gasteiger charge is -2.26. The highest BCUT2D eigenvalue weighted by molar-refractivity contribution is 6.15. The number of rotatable bonds is 4. The highest BCUT2D eigenvalue weighted by atomic mass is 16.3. The van der Waals surface area contributed by atoms with Crippen LogP contribution >= 0.6 is 0 Å². The molecule has 47 heavy (non-hydrogen) atoms. The molecule has 10 aromatic rings. The van der Waals surface area contributed by atoms with Crippen LogP contribution in [0.2, 0.25) is 0 Å². The van der Waals surface area contributed by atoms with E-state index in [1.807, 2.05) is 12.1 Å². The number of furan rings is 2. The van der Waals surface area contributed by atoms with Gasteiger partial charge in [0.05, 0.1) is 0 Å². The van der Waals surface area contributed by atoms with Crippen molar-refractivity contribution in [2.24, 2.45) is 0 Å². The molecule has 0 N–H and O–H groups in total. The number of fused-ring (bicyclic) bond motifs is 9. The van der Waals surface area contributed by atoms with Gasteiger partial charge in [0.1, 0.15) is 22.3 Å². The summed E-state index contributed by atoms with van der Waals surface area (Å²) in [4.78, 5) is 2.32. The third-order valence-corrected chi connectivity index (χ3v) is 9.39. The molecule has 0 aliphatic heterocycles. The molecule has 0 aliphatic carbocycles. The van der Waals surface area contributed by atoms with Crippen LogP contribution in [0.1, 0.15) is 0 Å². The van der Waals surface area contributed by atoms with E-state index < -0.39 is 0 Å². The first-order valence-corrected chi connectivity index (χ1v) is 15.9. The summed E-state index contributed by atoms with van der Waals surface area (Å²) in [7, 11) is 0. The van der Waals surface area contributed by atoms with Crippen LogP contribution in [0.4, 0.5) is 17.1 Å². The fourth-order valence-corrected chi connectivity index (χ4v) is 7.13. The van der Waals surface area contributed by atoms with E-state index in [1.54, 1.807) is 0 Å². The lowest BCUT2D eigenvalue weighted by molar-refractivity contribution is 0.669. The summed E-state index contributed by atoms with van der Waals surface area (Å²) in [6, 6.07) is 57.9. The first kappa shape index (κ1) is 26.0. The summed E-state index contributed by atoms with van der Waals surface area (Å²) in [6.07, 6.45) is 0. The van der Waals surface area contributed by atoms with Crippen LogP contribution in [0, 0.1) is 0 Å². The van der Waals surface area contributed by atoms with Crippen LogP contribution in [0.25, 0.3) is 76.5 Å². The summed E-state index contributed by atoms with van der Waals surface area (Å²) in [5.74, 6) is 0. The van der Waals surface area contributed by atoms with E-state index >= 15 is 0 Å². The minimum atomic E-state index is 0.893. The molecule has 0 bridgehead atoms. The average Bonchev–Trinajstić information content (AvgIpc) is 3.69. The molecule has 0 fully saturated rings. The lowest BCUT2D eigenvalue weighted by Crippen LogP contribution is -2.09. The molecule has 2 aromatic heterocycles. The quantitative estimate of drug-likeness (QED) is 0.201. The van der Waals surface area contributed by atoms with Crippen LogP contribution < -0.4 is 4.90 Å². The molecule has 3 nitrogen and oxygen atoms in total. The van der Waals surface area contributed by atoms with E-state index in [1.165, 1.54) is 10.8 Å². The average molecular weight is 602 g/mol. The van der Waals surface area contributed by atoms with Crippen molar-refractivity contribution >= 4 is 82.5 Å². The smallest absolute Gasteiger partial charge is 0.143 e. The van der Waals surface area contributed by atoms with Gasteiger partial charge in [0.25, 0.3) is 0 Å². The van der Waals surface area contributed by atoms with Gasteiger partial charge in [-0.15, -0.1) is 0 Å². The number of hydrogen-bond donors (Lipinski definition) is 0. The molecule has 3 heteroatoms. The highest BCUT2D eigenvalue weighted by Crippen LogP contribution is 2.41. The molecular formula is C44H27NO2. The first-order valence-electron chi connectivity index (χ1n) is 15.9. The van der Waals surface area contributed by atoms with E-state index in [9.17, 15) is 0 Å². The SMILES string of the molecule is c1ccc(N(c2cccc(-c3ccc4c(c3)oc3cc5ccccc5cc34)c2)c2ccc3c(ccc4c5ccccc5oc34)c2)cc1. The predicted molar refractivity (Wildman–Crippen MR) is 196 cm³/mol. The van der Waals surface area contributed by atoms with Gasteiger partial charge in [0.2, 0.25) is 0 Å². The maximum Gasteiger partial charge on any atom is 0.143 e. The second-order valence-electron chi connectivity index (χ2n) is 12.2. The number of para-hydroxylation sites is 2. The van der Waals surface area contributed by atoms with E-state index in [2.05, 4.69) is 157 Å². The molecule has 0 unspecified atom stereocenters. The molecule has 0 spiro atoms. The van der Waals surface area contributed by atoms with Gasteiger partial charge in [-0.2, -0.15) is 0 Å². The van der Waals surface area contributed by atoms with Gasteiger partial charge in [-0.25, -0.2) is 0 Å². The third kappa shape index (κ3) is 4.14. The van der Waals surface area contributed by atoms with Crippen molar-refractivity contribution in [3.05, 3.63) is 164 Å². The van der Waals surface area contributed by atoms with Crippen LogP contribution in [-0.4, -0.2) is 0 Å². The van der Waals surface area contributed by atoms with Crippen LogP contribution in [-0.2, 0) is 0 Å². The molecule has 8 aromatic carbocycles. The summed E-state index contributed by atoms with van der Waals surface area (Å²) in [6.45, 7) is 0. The van der Waals surface area contributed by atoms with Crippen molar-refractivity contribution in [1.82, 2.24) is 0 Å². The normalized spacial score (nSPS) is 11.8. The highest BCUT2D eigenvalue weighted by Gasteiger charge is 2.17. The second kappa shape index (κ2) is 10.1. The van der Waals surface area contributed by atoms with Gasteiger partial charge >= 0.3 is 0 Å². The Balaban J connectivity index is 1.09. The minimum absolute atomic E-state index is 0.893. The molecule has 0 amide bonds. The standard InChI is InChI=1S/C44H27NO2/c1-2-12-33(13-3-1)45(35-19-22-36-32(24-35)18-21-39-37-15-6-7-16-41(37)47-44(36)39)34-14-8-11-28(23-34)31-17-20-38-40-25-29-9-4-5-10-30(29)26-43(40)46-42(38)27-31/h1-27H.